The number of nitrogens with one attached hydrogen (secondary N) is 1. The number of esters is 2. The molecule has 1 aliphatic heterocycles. The zero-order valence-corrected chi connectivity index (χ0v) is 12.2. The standard InChI is InChI=1S/C14H12N2O4S/c1-7-10(13(18)19-2)21-14(15-7)16-11-8-5-3-4-6-9(8)12(17)20-11/h3-6,11H,1-2H3,(H,15,16). The van der Waals surface area contributed by atoms with E-state index in [4.69, 9.17) is 9.47 Å². The third-order valence-electron chi connectivity index (χ3n) is 3.11. The number of carbonyl (C=O) groups excluding carboxylic acids is 2. The molecule has 108 valence electrons. The molecule has 21 heavy (non-hydrogen) atoms. The van der Waals surface area contributed by atoms with Crippen molar-refractivity contribution in [2.75, 3.05) is 12.4 Å². The number of hydrogen-bond acceptors (Lipinski definition) is 7. The van der Waals surface area contributed by atoms with Crippen molar-refractivity contribution in [3.05, 3.63) is 46.0 Å². The van der Waals surface area contributed by atoms with Crippen LogP contribution in [0.2, 0.25) is 0 Å². The SMILES string of the molecule is COC(=O)c1sc(NC2OC(=O)c3ccccc32)nc1C. The van der Waals surface area contributed by atoms with Crippen molar-refractivity contribution in [3.63, 3.8) is 0 Å². The van der Waals surface area contributed by atoms with Crippen LogP contribution in [0.1, 0.15) is 37.5 Å². The normalized spacial score (nSPS) is 16.3. The third kappa shape index (κ3) is 2.36. The molecule has 3 rings (SSSR count). The third-order valence-corrected chi connectivity index (χ3v) is 4.18. The van der Waals surface area contributed by atoms with Crippen LogP contribution in [0.4, 0.5) is 5.13 Å². The molecule has 2 heterocycles. The maximum Gasteiger partial charge on any atom is 0.350 e. The molecular weight excluding hydrogens is 292 g/mol. The average molecular weight is 304 g/mol. The molecule has 1 aromatic heterocycles. The Morgan fingerprint density at radius 3 is 2.95 bits per heavy atom. The highest BCUT2D eigenvalue weighted by atomic mass is 32.1. The Bertz CT molecular complexity index is 726. The summed E-state index contributed by atoms with van der Waals surface area (Å²) >= 11 is 1.17. The summed E-state index contributed by atoms with van der Waals surface area (Å²) in [4.78, 5) is 28.0. The van der Waals surface area contributed by atoms with Crippen molar-refractivity contribution < 1.29 is 19.1 Å². The predicted octanol–water partition coefficient (Wildman–Crippen LogP) is 2.52. The van der Waals surface area contributed by atoms with Crippen LogP contribution in [0.5, 0.6) is 0 Å². The van der Waals surface area contributed by atoms with Crippen LogP contribution in [0, 0.1) is 6.92 Å². The van der Waals surface area contributed by atoms with Crippen LogP contribution in [0.15, 0.2) is 24.3 Å². The van der Waals surface area contributed by atoms with E-state index in [0.717, 1.165) is 5.56 Å². The molecule has 6 nitrogen and oxygen atoms in total. The van der Waals surface area contributed by atoms with E-state index in [-0.39, 0.29) is 5.97 Å². The zero-order valence-electron chi connectivity index (χ0n) is 11.4. The van der Waals surface area contributed by atoms with Crippen LogP contribution in [-0.2, 0) is 9.47 Å². The fourth-order valence-electron chi connectivity index (χ4n) is 2.11. The lowest BCUT2D eigenvalue weighted by atomic mass is 10.1. The number of carbonyl (C=O) groups is 2. The minimum Gasteiger partial charge on any atom is -0.465 e. The first-order chi connectivity index (χ1) is 10.1. The molecule has 1 unspecified atom stereocenters. The second-order valence-corrected chi connectivity index (χ2v) is 5.44. The largest absolute Gasteiger partial charge is 0.465 e. The van der Waals surface area contributed by atoms with Crippen molar-refractivity contribution in [1.29, 1.82) is 0 Å². The van der Waals surface area contributed by atoms with Gasteiger partial charge in [-0.15, -0.1) is 0 Å². The van der Waals surface area contributed by atoms with E-state index in [2.05, 4.69) is 10.3 Å². The van der Waals surface area contributed by atoms with Gasteiger partial charge >= 0.3 is 11.9 Å². The number of aryl methyl sites for hydroxylation is 1. The van der Waals surface area contributed by atoms with Gasteiger partial charge in [-0.2, -0.15) is 0 Å². The molecule has 0 spiro atoms. The number of nitrogens with zero attached hydrogens (tertiary/aromatic N) is 1. The van der Waals surface area contributed by atoms with Gasteiger partial charge in [-0.3, -0.25) is 0 Å². The number of benzene rings is 1. The summed E-state index contributed by atoms with van der Waals surface area (Å²) in [5.74, 6) is -0.800. The molecule has 1 N–H and O–H groups in total. The minimum absolute atomic E-state index is 0.371. The highest BCUT2D eigenvalue weighted by Gasteiger charge is 2.31. The molecule has 0 saturated carbocycles. The zero-order chi connectivity index (χ0) is 15.0. The number of thiazole rings is 1. The lowest BCUT2D eigenvalue weighted by molar-refractivity contribution is 0.0436. The number of aromatic nitrogens is 1. The second kappa shape index (κ2) is 5.17. The fraction of sp³-hybridized carbons (Fsp3) is 0.214. The smallest absolute Gasteiger partial charge is 0.350 e. The lowest BCUT2D eigenvalue weighted by Gasteiger charge is -2.11. The molecule has 0 saturated heterocycles. The maximum atomic E-state index is 11.7. The summed E-state index contributed by atoms with van der Waals surface area (Å²) < 4.78 is 9.96. The van der Waals surface area contributed by atoms with Crippen molar-refractivity contribution in [1.82, 2.24) is 4.98 Å². The number of fused-ring (bicyclic) bond motifs is 1. The molecule has 1 aromatic carbocycles. The van der Waals surface area contributed by atoms with Crippen LogP contribution in [0.25, 0.3) is 0 Å². The lowest BCUT2D eigenvalue weighted by Crippen LogP contribution is -2.09. The quantitative estimate of drug-likeness (QED) is 0.878. The molecule has 0 aliphatic carbocycles. The molecule has 0 amide bonds. The van der Waals surface area contributed by atoms with E-state index in [1.165, 1.54) is 18.4 Å². The van der Waals surface area contributed by atoms with Gasteiger partial charge in [0.05, 0.1) is 18.4 Å². The highest BCUT2D eigenvalue weighted by molar-refractivity contribution is 7.17. The molecule has 0 radical (unpaired) electrons. The van der Waals surface area contributed by atoms with Gasteiger partial charge in [-0.1, -0.05) is 29.5 Å². The summed E-state index contributed by atoms with van der Waals surface area (Å²) in [7, 11) is 1.32. The predicted molar refractivity (Wildman–Crippen MR) is 76.4 cm³/mol. The topological polar surface area (TPSA) is 77.5 Å². The van der Waals surface area contributed by atoms with Gasteiger partial charge in [-0.25, -0.2) is 14.6 Å². The molecule has 0 bridgehead atoms. The van der Waals surface area contributed by atoms with Crippen molar-refractivity contribution in [3.8, 4) is 0 Å². The fourth-order valence-corrected chi connectivity index (χ4v) is 3.01. The Kier molecular flexibility index (Phi) is 3.34. The van der Waals surface area contributed by atoms with Gasteiger partial charge in [0.15, 0.2) is 5.13 Å². The molecular formula is C14H12N2O4S. The Hall–Kier alpha value is -2.41. The number of hydrogen-bond donors (Lipinski definition) is 1. The van der Waals surface area contributed by atoms with Crippen molar-refractivity contribution in [2.24, 2.45) is 0 Å². The first kappa shape index (κ1) is 13.6. The average Bonchev–Trinajstić information content (AvgIpc) is 3.00. The number of cyclic esters (lactones) is 1. The number of methoxy groups -OCH3 is 1. The van der Waals surface area contributed by atoms with E-state index >= 15 is 0 Å². The van der Waals surface area contributed by atoms with Crippen LogP contribution in [-0.4, -0.2) is 24.0 Å². The van der Waals surface area contributed by atoms with Gasteiger partial charge in [0.2, 0.25) is 6.23 Å². The van der Waals surface area contributed by atoms with Gasteiger partial charge in [0.25, 0.3) is 0 Å². The second-order valence-electron chi connectivity index (χ2n) is 4.44. The Labute approximate surface area is 124 Å². The summed E-state index contributed by atoms with van der Waals surface area (Å²) in [6, 6.07) is 7.15. The Morgan fingerprint density at radius 2 is 2.19 bits per heavy atom. The summed E-state index contributed by atoms with van der Waals surface area (Å²) in [5, 5.41) is 3.53. The van der Waals surface area contributed by atoms with Crippen LogP contribution >= 0.6 is 11.3 Å². The first-order valence-electron chi connectivity index (χ1n) is 6.22. The molecule has 1 aliphatic rings. The maximum absolute atomic E-state index is 11.7. The Balaban J connectivity index is 1.86. The molecule has 7 heteroatoms. The van der Waals surface area contributed by atoms with Crippen molar-refractivity contribution >= 4 is 28.4 Å². The highest BCUT2D eigenvalue weighted by Crippen LogP contribution is 2.33. The number of ether oxygens (including phenoxy) is 2. The van der Waals surface area contributed by atoms with Gasteiger partial charge in [0, 0.05) is 5.56 Å². The number of rotatable bonds is 3. The van der Waals surface area contributed by atoms with Gasteiger partial charge in [0.1, 0.15) is 4.88 Å². The first-order valence-corrected chi connectivity index (χ1v) is 7.04. The molecule has 0 fully saturated rings. The van der Waals surface area contributed by atoms with Gasteiger partial charge in [-0.05, 0) is 13.0 Å². The summed E-state index contributed by atoms with van der Waals surface area (Å²) in [6.45, 7) is 1.72. The molecule has 2 aromatic rings. The minimum atomic E-state index is -0.593. The van der Waals surface area contributed by atoms with Crippen LogP contribution in [0.3, 0.4) is 0 Å². The van der Waals surface area contributed by atoms with E-state index in [1.54, 1.807) is 19.1 Å². The van der Waals surface area contributed by atoms with E-state index in [0.29, 0.717) is 21.3 Å². The summed E-state index contributed by atoms with van der Waals surface area (Å²) in [5.41, 5.74) is 1.87. The van der Waals surface area contributed by atoms with Gasteiger partial charge < -0.3 is 14.8 Å². The van der Waals surface area contributed by atoms with Crippen LogP contribution < -0.4 is 5.32 Å². The number of anilines is 1. The Morgan fingerprint density at radius 1 is 1.43 bits per heavy atom. The van der Waals surface area contributed by atoms with E-state index < -0.39 is 12.2 Å². The van der Waals surface area contributed by atoms with E-state index in [9.17, 15) is 9.59 Å². The monoisotopic (exact) mass is 304 g/mol. The van der Waals surface area contributed by atoms with E-state index in [1.807, 2.05) is 12.1 Å². The molecule has 1 atom stereocenters. The van der Waals surface area contributed by atoms with Crippen molar-refractivity contribution in [2.45, 2.75) is 13.2 Å². The summed E-state index contributed by atoms with van der Waals surface area (Å²) in [6.07, 6.45) is -0.593.